The summed E-state index contributed by atoms with van der Waals surface area (Å²) >= 11 is 0. The zero-order chi connectivity index (χ0) is 25.6. The van der Waals surface area contributed by atoms with Gasteiger partial charge in [-0.1, -0.05) is 30.3 Å². The van der Waals surface area contributed by atoms with Crippen molar-refractivity contribution in [1.29, 1.82) is 0 Å². The molecule has 5 rings (SSSR count). The summed E-state index contributed by atoms with van der Waals surface area (Å²) < 4.78 is 0. The molecule has 1 saturated heterocycles. The molecule has 8 heteroatoms. The van der Waals surface area contributed by atoms with Crippen molar-refractivity contribution in [1.82, 2.24) is 24.8 Å². The molecule has 0 saturated carbocycles. The first-order valence-corrected chi connectivity index (χ1v) is 12.7. The average molecular weight is 496 g/mol. The minimum Gasteiger partial charge on any atom is -0.481 e. The van der Waals surface area contributed by atoms with E-state index in [0.717, 1.165) is 37.2 Å². The van der Waals surface area contributed by atoms with Gasteiger partial charge in [-0.05, 0) is 61.8 Å². The molecular formula is C29H29N5O3. The highest BCUT2D eigenvalue weighted by atomic mass is 16.4. The summed E-state index contributed by atoms with van der Waals surface area (Å²) in [5.41, 5.74) is 5.48. The Hall–Kier alpha value is -4.20. The Morgan fingerprint density at radius 1 is 0.919 bits per heavy atom. The molecule has 1 amide bonds. The third-order valence-electron chi connectivity index (χ3n) is 6.92. The quantitative estimate of drug-likeness (QED) is 0.346. The number of aromatic nitrogens is 4. The normalized spacial score (nSPS) is 14.1. The number of benzene rings is 2. The van der Waals surface area contributed by atoms with Crippen LogP contribution in [0.25, 0.3) is 22.3 Å². The standard InChI is InChI=1S/C29H29N5O3/c35-27(36)9-5-4-8-25-28(23-17-30-19-31-18-23)33-24-11-10-22(16-26(24)32-25)29(37)34-14-12-21(13-15-34)20-6-2-1-3-7-20/h1-3,6-7,10-11,16-19,21H,4-5,8-9,12-15H2,(H,35,36). The van der Waals surface area contributed by atoms with Gasteiger partial charge in [-0.25, -0.2) is 19.9 Å². The van der Waals surface area contributed by atoms with Crippen LogP contribution < -0.4 is 0 Å². The van der Waals surface area contributed by atoms with Crippen LogP contribution in [0.15, 0.2) is 67.3 Å². The molecule has 8 nitrogen and oxygen atoms in total. The number of carboxylic acids is 1. The molecule has 0 atom stereocenters. The van der Waals surface area contributed by atoms with E-state index in [9.17, 15) is 9.59 Å². The molecule has 1 aliphatic rings. The molecule has 2 aromatic carbocycles. The number of carboxylic acid groups (broad SMARTS) is 1. The van der Waals surface area contributed by atoms with E-state index in [-0.39, 0.29) is 12.3 Å². The van der Waals surface area contributed by atoms with Crippen LogP contribution >= 0.6 is 0 Å². The van der Waals surface area contributed by atoms with E-state index in [1.807, 2.05) is 29.2 Å². The fourth-order valence-electron chi connectivity index (χ4n) is 4.94. The first-order valence-electron chi connectivity index (χ1n) is 12.7. The number of carbonyl (C=O) groups is 2. The van der Waals surface area contributed by atoms with E-state index in [0.29, 0.717) is 47.5 Å². The average Bonchev–Trinajstić information content (AvgIpc) is 2.95. The van der Waals surface area contributed by atoms with E-state index >= 15 is 0 Å². The topological polar surface area (TPSA) is 109 Å². The van der Waals surface area contributed by atoms with Crippen molar-refractivity contribution in [2.75, 3.05) is 13.1 Å². The highest BCUT2D eigenvalue weighted by Gasteiger charge is 2.25. The molecule has 1 N–H and O–H groups in total. The summed E-state index contributed by atoms with van der Waals surface area (Å²) in [6.07, 6.45) is 8.67. The monoisotopic (exact) mass is 495 g/mol. The molecule has 0 aliphatic carbocycles. The van der Waals surface area contributed by atoms with Crippen LogP contribution in [-0.4, -0.2) is 54.9 Å². The molecular weight excluding hydrogens is 466 g/mol. The van der Waals surface area contributed by atoms with Gasteiger partial charge in [0, 0.05) is 43.0 Å². The number of carbonyl (C=O) groups excluding carboxylic acids is 1. The van der Waals surface area contributed by atoms with Gasteiger partial charge >= 0.3 is 5.97 Å². The lowest BCUT2D eigenvalue weighted by molar-refractivity contribution is -0.137. The third kappa shape index (κ3) is 5.80. The molecule has 37 heavy (non-hydrogen) atoms. The summed E-state index contributed by atoms with van der Waals surface area (Å²) in [7, 11) is 0. The van der Waals surface area contributed by atoms with Gasteiger partial charge in [-0.15, -0.1) is 0 Å². The molecule has 188 valence electrons. The second kappa shape index (κ2) is 11.2. The molecule has 1 fully saturated rings. The van der Waals surface area contributed by atoms with E-state index in [4.69, 9.17) is 15.1 Å². The SMILES string of the molecule is O=C(O)CCCCc1nc2cc(C(=O)N3CCC(c4ccccc4)CC3)ccc2nc1-c1cncnc1. The van der Waals surface area contributed by atoms with Crippen LogP contribution in [0, 0.1) is 0 Å². The van der Waals surface area contributed by atoms with Crippen molar-refractivity contribution in [2.24, 2.45) is 0 Å². The Bertz CT molecular complexity index is 1390. The van der Waals surface area contributed by atoms with Crippen molar-refractivity contribution in [3.63, 3.8) is 0 Å². The Balaban J connectivity index is 1.36. The maximum absolute atomic E-state index is 13.3. The molecule has 1 aliphatic heterocycles. The highest BCUT2D eigenvalue weighted by molar-refractivity contribution is 5.97. The van der Waals surface area contributed by atoms with Crippen molar-refractivity contribution >= 4 is 22.9 Å². The summed E-state index contributed by atoms with van der Waals surface area (Å²) in [5.74, 6) is -0.312. The van der Waals surface area contributed by atoms with E-state index in [1.54, 1.807) is 12.4 Å². The molecule has 2 aromatic heterocycles. The summed E-state index contributed by atoms with van der Waals surface area (Å²) in [5, 5.41) is 8.97. The summed E-state index contributed by atoms with van der Waals surface area (Å²) in [6.45, 7) is 1.45. The van der Waals surface area contributed by atoms with Crippen LogP contribution in [0.1, 0.15) is 59.6 Å². The molecule has 3 heterocycles. The van der Waals surface area contributed by atoms with Gasteiger partial charge in [-0.2, -0.15) is 0 Å². The second-order valence-electron chi connectivity index (χ2n) is 9.43. The predicted molar refractivity (Wildman–Crippen MR) is 140 cm³/mol. The number of unbranched alkanes of at least 4 members (excludes halogenated alkanes) is 1. The lowest BCUT2D eigenvalue weighted by Crippen LogP contribution is -2.37. The third-order valence-corrected chi connectivity index (χ3v) is 6.92. The fourth-order valence-corrected chi connectivity index (χ4v) is 4.94. The van der Waals surface area contributed by atoms with Gasteiger partial charge in [0.05, 0.1) is 22.4 Å². The number of aliphatic carboxylic acids is 1. The zero-order valence-electron chi connectivity index (χ0n) is 20.6. The second-order valence-corrected chi connectivity index (χ2v) is 9.43. The number of piperidine rings is 1. The lowest BCUT2D eigenvalue weighted by atomic mass is 9.89. The number of amides is 1. The Morgan fingerprint density at radius 2 is 1.68 bits per heavy atom. The number of aryl methyl sites for hydroxylation is 1. The van der Waals surface area contributed by atoms with Gasteiger partial charge < -0.3 is 10.0 Å². The van der Waals surface area contributed by atoms with Gasteiger partial charge in [0.2, 0.25) is 0 Å². The van der Waals surface area contributed by atoms with Gasteiger partial charge in [-0.3, -0.25) is 9.59 Å². The Morgan fingerprint density at radius 3 is 2.41 bits per heavy atom. The van der Waals surface area contributed by atoms with E-state index < -0.39 is 5.97 Å². The van der Waals surface area contributed by atoms with E-state index in [1.165, 1.54) is 11.9 Å². The van der Waals surface area contributed by atoms with Crippen molar-refractivity contribution < 1.29 is 14.7 Å². The van der Waals surface area contributed by atoms with Crippen LogP contribution in [0.5, 0.6) is 0 Å². The van der Waals surface area contributed by atoms with Gasteiger partial charge in [0.25, 0.3) is 5.91 Å². The number of hydrogen-bond donors (Lipinski definition) is 1. The number of hydrogen-bond acceptors (Lipinski definition) is 6. The number of nitrogens with zero attached hydrogens (tertiary/aromatic N) is 5. The summed E-state index contributed by atoms with van der Waals surface area (Å²) in [6, 6.07) is 16.0. The first-order chi connectivity index (χ1) is 18.1. The molecule has 0 spiro atoms. The molecule has 0 bridgehead atoms. The van der Waals surface area contributed by atoms with Gasteiger partial charge in [0.15, 0.2) is 0 Å². The first kappa shape index (κ1) is 24.5. The lowest BCUT2D eigenvalue weighted by Gasteiger charge is -2.32. The highest BCUT2D eigenvalue weighted by Crippen LogP contribution is 2.29. The van der Waals surface area contributed by atoms with Crippen molar-refractivity contribution in [2.45, 2.75) is 44.4 Å². The smallest absolute Gasteiger partial charge is 0.303 e. The van der Waals surface area contributed by atoms with Crippen LogP contribution in [0.2, 0.25) is 0 Å². The molecule has 0 radical (unpaired) electrons. The largest absolute Gasteiger partial charge is 0.481 e. The zero-order valence-corrected chi connectivity index (χ0v) is 20.6. The maximum Gasteiger partial charge on any atom is 0.303 e. The van der Waals surface area contributed by atoms with E-state index in [2.05, 4.69) is 34.2 Å². The predicted octanol–water partition coefficient (Wildman–Crippen LogP) is 4.90. The number of likely N-dealkylation sites (tertiary alicyclic amines) is 1. The number of fused-ring (bicyclic) bond motifs is 1. The fraction of sp³-hybridized carbons (Fsp3) is 0.310. The number of rotatable bonds is 8. The minimum absolute atomic E-state index is 0.0127. The summed E-state index contributed by atoms with van der Waals surface area (Å²) in [4.78, 5) is 44.1. The Labute approximate surface area is 215 Å². The molecule has 0 unspecified atom stereocenters. The van der Waals surface area contributed by atoms with Crippen LogP contribution in [0.3, 0.4) is 0 Å². The van der Waals surface area contributed by atoms with Crippen LogP contribution in [0.4, 0.5) is 0 Å². The Kier molecular flexibility index (Phi) is 7.44. The van der Waals surface area contributed by atoms with Gasteiger partial charge in [0.1, 0.15) is 6.33 Å². The molecule has 4 aromatic rings. The van der Waals surface area contributed by atoms with Crippen molar-refractivity contribution in [3.8, 4) is 11.3 Å². The van der Waals surface area contributed by atoms with Crippen molar-refractivity contribution in [3.05, 3.63) is 84.1 Å². The van der Waals surface area contributed by atoms with Crippen LogP contribution in [-0.2, 0) is 11.2 Å². The maximum atomic E-state index is 13.3. The minimum atomic E-state index is -0.808.